The molecule has 0 spiro atoms. The SMILES string of the molecule is Cc1cnc([C@@H](C)[C@H](C)S(=O)(=O)Cc2nnc(-c3cccc(C)n3)n2-c2c(F)cccc2F)nc1. The van der Waals surface area contributed by atoms with Crippen molar-refractivity contribution in [3.05, 3.63) is 83.3 Å². The Bertz CT molecular complexity index is 1450. The van der Waals surface area contributed by atoms with Crippen LogP contribution in [0.15, 0.2) is 48.8 Å². The molecule has 0 aliphatic heterocycles. The van der Waals surface area contributed by atoms with Crippen LogP contribution in [0.25, 0.3) is 17.2 Å². The zero-order valence-corrected chi connectivity index (χ0v) is 20.5. The fraction of sp³-hybridized carbons (Fsp3) is 0.292. The highest BCUT2D eigenvalue weighted by molar-refractivity contribution is 7.91. The second kappa shape index (κ2) is 9.57. The number of nitrogens with zero attached hydrogens (tertiary/aromatic N) is 6. The molecule has 0 fully saturated rings. The Hall–Kier alpha value is -3.60. The van der Waals surface area contributed by atoms with Crippen molar-refractivity contribution < 1.29 is 17.2 Å². The predicted octanol–water partition coefficient (Wildman–Crippen LogP) is 4.12. The van der Waals surface area contributed by atoms with Crippen LogP contribution in [-0.2, 0) is 15.6 Å². The van der Waals surface area contributed by atoms with Gasteiger partial charge in [0.05, 0.1) is 5.25 Å². The van der Waals surface area contributed by atoms with E-state index in [0.29, 0.717) is 17.2 Å². The van der Waals surface area contributed by atoms with Crippen LogP contribution in [0.2, 0.25) is 0 Å². The summed E-state index contributed by atoms with van der Waals surface area (Å²) < 4.78 is 57.6. The van der Waals surface area contributed by atoms with Crippen LogP contribution in [0.4, 0.5) is 8.78 Å². The van der Waals surface area contributed by atoms with Gasteiger partial charge in [0.2, 0.25) is 0 Å². The Morgan fingerprint density at radius 2 is 1.57 bits per heavy atom. The average molecular weight is 499 g/mol. The van der Waals surface area contributed by atoms with Crippen LogP contribution in [0, 0.1) is 25.5 Å². The summed E-state index contributed by atoms with van der Waals surface area (Å²) in [5.74, 6) is -2.60. The van der Waals surface area contributed by atoms with Gasteiger partial charge in [-0.05, 0) is 50.6 Å². The molecule has 4 rings (SSSR count). The predicted molar refractivity (Wildman–Crippen MR) is 127 cm³/mol. The van der Waals surface area contributed by atoms with Gasteiger partial charge >= 0.3 is 0 Å². The van der Waals surface area contributed by atoms with Crippen molar-refractivity contribution >= 4 is 9.84 Å². The minimum absolute atomic E-state index is 0.0328. The number of para-hydroxylation sites is 1. The molecule has 0 aliphatic rings. The van der Waals surface area contributed by atoms with E-state index < -0.39 is 44.1 Å². The number of aryl methyl sites for hydroxylation is 2. The van der Waals surface area contributed by atoms with E-state index in [1.165, 1.54) is 6.07 Å². The van der Waals surface area contributed by atoms with Crippen LogP contribution in [0.5, 0.6) is 0 Å². The highest BCUT2D eigenvalue weighted by Crippen LogP contribution is 2.29. The van der Waals surface area contributed by atoms with Gasteiger partial charge in [-0.25, -0.2) is 32.2 Å². The standard InChI is InChI=1S/C24H24F2N6O2S/c1-14-11-27-23(28-12-14)16(3)17(4)35(33,34)13-21-30-31-24(20-10-5-7-15(2)29-20)32(21)22-18(25)8-6-9-19(22)26/h5-12,16-17H,13H2,1-4H3/t16-,17-/m0/s1. The number of hydrogen-bond acceptors (Lipinski definition) is 7. The Labute approximate surface area is 202 Å². The van der Waals surface area contributed by atoms with E-state index in [0.717, 1.165) is 22.3 Å². The van der Waals surface area contributed by atoms with Crippen molar-refractivity contribution in [3.63, 3.8) is 0 Å². The molecule has 2 atom stereocenters. The number of aromatic nitrogens is 6. The van der Waals surface area contributed by atoms with Crippen molar-refractivity contribution in [2.45, 2.75) is 44.6 Å². The summed E-state index contributed by atoms with van der Waals surface area (Å²) >= 11 is 0. The number of halogens is 2. The van der Waals surface area contributed by atoms with Gasteiger partial charge in [-0.1, -0.05) is 19.1 Å². The van der Waals surface area contributed by atoms with Gasteiger partial charge in [-0.2, -0.15) is 0 Å². The van der Waals surface area contributed by atoms with Crippen molar-refractivity contribution in [2.75, 3.05) is 0 Å². The highest BCUT2D eigenvalue weighted by Gasteiger charge is 2.33. The largest absolute Gasteiger partial charge is 0.271 e. The number of sulfone groups is 1. The number of hydrogen-bond donors (Lipinski definition) is 0. The quantitative estimate of drug-likeness (QED) is 0.378. The molecule has 0 unspecified atom stereocenters. The van der Waals surface area contributed by atoms with Gasteiger partial charge in [0.1, 0.15) is 34.6 Å². The molecule has 0 saturated carbocycles. The van der Waals surface area contributed by atoms with Gasteiger partial charge in [-0.3, -0.25) is 4.57 Å². The normalized spacial score (nSPS) is 13.5. The summed E-state index contributed by atoms with van der Waals surface area (Å²) in [6.07, 6.45) is 3.24. The second-order valence-electron chi connectivity index (χ2n) is 8.43. The molecule has 11 heteroatoms. The van der Waals surface area contributed by atoms with Crippen LogP contribution in [-0.4, -0.2) is 43.4 Å². The molecule has 0 N–H and O–H groups in total. The van der Waals surface area contributed by atoms with Crippen LogP contribution in [0.3, 0.4) is 0 Å². The van der Waals surface area contributed by atoms with E-state index in [4.69, 9.17) is 0 Å². The first-order chi connectivity index (χ1) is 16.6. The topological polar surface area (TPSA) is 104 Å². The smallest absolute Gasteiger partial charge is 0.187 e. The lowest BCUT2D eigenvalue weighted by Gasteiger charge is -2.19. The van der Waals surface area contributed by atoms with E-state index in [-0.39, 0.29) is 11.6 Å². The lowest BCUT2D eigenvalue weighted by Crippen LogP contribution is -2.27. The third-order valence-corrected chi connectivity index (χ3v) is 8.02. The molecule has 0 radical (unpaired) electrons. The molecule has 0 amide bonds. The fourth-order valence-electron chi connectivity index (χ4n) is 3.65. The van der Waals surface area contributed by atoms with Crippen molar-refractivity contribution in [1.29, 1.82) is 0 Å². The van der Waals surface area contributed by atoms with Gasteiger partial charge in [0.25, 0.3) is 0 Å². The maximum Gasteiger partial charge on any atom is 0.187 e. The molecule has 1 aromatic carbocycles. The monoisotopic (exact) mass is 498 g/mol. The third kappa shape index (κ3) is 4.95. The molecule has 3 aromatic heterocycles. The number of benzene rings is 1. The summed E-state index contributed by atoms with van der Waals surface area (Å²) in [7, 11) is -3.87. The summed E-state index contributed by atoms with van der Waals surface area (Å²) in [5.41, 5.74) is 1.34. The van der Waals surface area contributed by atoms with Crippen LogP contribution in [0.1, 0.15) is 42.7 Å². The first-order valence-corrected chi connectivity index (χ1v) is 12.6. The minimum atomic E-state index is -3.87. The van der Waals surface area contributed by atoms with Crippen LogP contribution >= 0.6 is 0 Å². The maximum absolute atomic E-state index is 14.8. The molecule has 0 saturated heterocycles. The zero-order valence-electron chi connectivity index (χ0n) is 19.6. The Morgan fingerprint density at radius 3 is 2.20 bits per heavy atom. The lowest BCUT2D eigenvalue weighted by atomic mass is 10.1. The van der Waals surface area contributed by atoms with E-state index in [1.54, 1.807) is 51.4 Å². The number of pyridine rings is 1. The first-order valence-electron chi connectivity index (χ1n) is 10.9. The van der Waals surface area contributed by atoms with E-state index in [2.05, 4.69) is 25.1 Å². The summed E-state index contributed by atoms with van der Waals surface area (Å²) in [6.45, 7) is 6.87. The molecule has 35 heavy (non-hydrogen) atoms. The molecular weight excluding hydrogens is 474 g/mol. The first kappa shape index (κ1) is 24.5. The lowest BCUT2D eigenvalue weighted by molar-refractivity contribution is 0.555. The second-order valence-corrected chi connectivity index (χ2v) is 10.8. The average Bonchev–Trinajstić information content (AvgIpc) is 3.21. The van der Waals surface area contributed by atoms with E-state index in [1.807, 2.05) is 6.92 Å². The molecular formula is C24H24F2N6O2S. The minimum Gasteiger partial charge on any atom is -0.271 e. The molecule has 4 aromatic rings. The van der Waals surface area contributed by atoms with Gasteiger partial charge in [0.15, 0.2) is 21.5 Å². The fourth-order valence-corrected chi connectivity index (χ4v) is 5.20. The van der Waals surface area contributed by atoms with Gasteiger partial charge in [-0.15, -0.1) is 10.2 Å². The Balaban J connectivity index is 1.79. The van der Waals surface area contributed by atoms with Crippen molar-refractivity contribution in [3.8, 4) is 17.2 Å². The highest BCUT2D eigenvalue weighted by atomic mass is 32.2. The summed E-state index contributed by atoms with van der Waals surface area (Å²) in [6, 6.07) is 8.49. The molecule has 0 aliphatic carbocycles. The van der Waals surface area contributed by atoms with E-state index >= 15 is 0 Å². The van der Waals surface area contributed by atoms with Crippen molar-refractivity contribution in [1.82, 2.24) is 29.7 Å². The summed E-state index contributed by atoms with van der Waals surface area (Å²) in [4.78, 5) is 12.9. The number of rotatable bonds is 7. The Morgan fingerprint density at radius 1 is 0.943 bits per heavy atom. The molecule has 8 nitrogen and oxygen atoms in total. The zero-order chi connectivity index (χ0) is 25.3. The molecule has 182 valence electrons. The van der Waals surface area contributed by atoms with Crippen LogP contribution < -0.4 is 0 Å². The maximum atomic E-state index is 14.8. The van der Waals surface area contributed by atoms with E-state index in [9.17, 15) is 17.2 Å². The van der Waals surface area contributed by atoms with Crippen molar-refractivity contribution in [2.24, 2.45) is 0 Å². The third-order valence-electron chi connectivity index (χ3n) is 5.82. The molecule has 3 heterocycles. The van der Waals surface area contributed by atoms with Gasteiger partial charge < -0.3 is 0 Å². The Kier molecular flexibility index (Phi) is 6.70. The van der Waals surface area contributed by atoms with Gasteiger partial charge in [0, 0.05) is 24.0 Å². The summed E-state index contributed by atoms with van der Waals surface area (Å²) in [5, 5.41) is 7.19. The molecule has 0 bridgehead atoms.